The van der Waals surface area contributed by atoms with Crippen LogP contribution in [-0.4, -0.2) is 35.6 Å². The number of hydrogen-bond donors (Lipinski definition) is 1. The van der Waals surface area contributed by atoms with E-state index in [4.69, 9.17) is 10.4 Å². The summed E-state index contributed by atoms with van der Waals surface area (Å²) in [6.45, 7) is 3.99. The molecule has 0 saturated carbocycles. The maximum atomic E-state index is 11.5. The van der Waals surface area contributed by atoms with E-state index in [-0.39, 0.29) is 5.91 Å². The zero-order chi connectivity index (χ0) is 11.1. The summed E-state index contributed by atoms with van der Waals surface area (Å²) in [5.41, 5.74) is 0. The van der Waals surface area contributed by atoms with Crippen molar-refractivity contribution in [2.75, 3.05) is 13.6 Å². The maximum absolute atomic E-state index is 11.5. The fraction of sp³-hybridized carbons (Fsp3) is 0.800. The van der Waals surface area contributed by atoms with Gasteiger partial charge in [0.1, 0.15) is 5.92 Å². The lowest BCUT2D eigenvalue weighted by atomic mass is 10.1. The summed E-state index contributed by atoms with van der Waals surface area (Å²) in [4.78, 5) is 13.0. The molecule has 0 aromatic rings. The zero-order valence-electron chi connectivity index (χ0n) is 9.03. The van der Waals surface area contributed by atoms with Crippen molar-refractivity contribution in [1.82, 2.24) is 4.90 Å². The highest BCUT2D eigenvalue weighted by molar-refractivity contribution is 5.80. The standard InChI is InChI=1S/C10H18N2O2/c1-4-9(7-11)10(14)12(3)6-5-8(2)13/h8-9,13H,4-6H2,1-3H3. The molecule has 1 N–H and O–H groups in total. The summed E-state index contributed by atoms with van der Waals surface area (Å²) >= 11 is 0. The Labute approximate surface area is 85.1 Å². The molecule has 14 heavy (non-hydrogen) atoms. The predicted molar refractivity (Wildman–Crippen MR) is 53.3 cm³/mol. The molecule has 0 radical (unpaired) electrons. The molecule has 0 aliphatic rings. The first-order valence-corrected chi connectivity index (χ1v) is 4.85. The molecule has 0 rings (SSSR count). The summed E-state index contributed by atoms with van der Waals surface area (Å²) in [6.07, 6.45) is 0.672. The minimum absolute atomic E-state index is 0.157. The average Bonchev–Trinajstić information content (AvgIpc) is 2.15. The van der Waals surface area contributed by atoms with Crippen molar-refractivity contribution in [3.8, 4) is 6.07 Å². The number of hydrogen-bond acceptors (Lipinski definition) is 3. The Hall–Kier alpha value is -1.08. The lowest BCUT2D eigenvalue weighted by Gasteiger charge is -2.19. The first kappa shape index (κ1) is 12.9. The monoisotopic (exact) mass is 198 g/mol. The highest BCUT2D eigenvalue weighted by Gasteiger charge is 2.19. The van der Waals surface area contributed by atoms with Crippen molar-refractivity contribution in [3.05, 3.63) is 0 Å². The Bertz CT molecular complexity index is 221. The largest absolute Gasteiger partial charge is 0.393 e. The van der Waals surface area contributed by atoms with Crippen molar-refractivity contribution in [2.24, 2.45) is 5.92 Å². The molecule has 80 valence electrons. The van der Waals surface area contributed by atoms with Crippen LogP contribution in [0.25, 0.3) is 0 Å². The Kier molecular flexibility index (Phi) is 5.89. The lowest BCUT2D eigenvalue weighted by molar-refractivity contribution is -0.132. The van der Waals surface area contributed by atoms with Gasteiger partial charge in [0, 0.05) is 13.6 Å². The van der Waals surface area contributed by atoms with Crippen LogP contribution in [0.2, 0.25) is 0 Å². The van der Waals surface area contributed by atoms with Crippen LogP contribution in [0, 0.1) is 17.2 Å². The number of amides is 1. The van der Waals surface area contributed by atoms with Gasteiger partial charge in [-0.3, -0.25) is 4.79 Å². The number of nitrogens with zero attached hydrogens (tertiary/aromatic N) is 2. The Morgan fingerprint density at radius 3 is 2.57 bits per heavy atom. The van der Waals surface area contributed by atoms with Gasteiger partial charge < -0.3 is 10.0 Å². The minimum Gasteiger partial charge on any atom is -0.393 e. The molecule has 0 aliphatic heterocycles. The van der Waals surface area contributed by atoms with Gasteiger partial charge in [-0.15, -0.1) is 0 Å². The SMILES string of the molecule is CCC(C#N)C(=O)N(C)CCC(C)O. The van der Waals surface area contributed by atoms with Crippen LogP contribution in [0.1, 0.15) is 26.7 Å². The molecule has 2 atom stereocenters. The van der Waals surface area contributed by atoms with Gasteiger partial charge in [-0.2, -0.15) is 5.26 Å². The van der Waals surface area contributed by atoms with E-state index < -0.39 is 12.0 Å². The molecule has 1 amide bonds. The molecule has 2 unspecified atom stereocenters. The van der Waals surface area contributed by atoms with Gasteiger partial charge in [-0.1, -0.05) is 6.92 Å². The molecule has 0 aromatic heterocycles. The molecule has 0 aliphatic carbocycles. The highest BCUT2D eigenvalue weighted by atomic mass is 16.3. The Balaban J connectivity index is 4.05. The minimum atomic E-state index is -0.547. The molecular weight excluding hydrogens is 180 g/mol. The van der Waals surface area contributed by atoms with Gasteiger partial charge in [0.2, 0.25) is 5.91 Å². The van der Waals surface area contributed by atoms with Crippen LogP contribution >= 0.6 is 0 Å². The number of nitriles is 1. The second-order valence-corrected chi connectivity index (χ2v) is 3.49. The molecule has 4 heteroatoms. The van der Waals surface area contributed by atoms with E-state index in [1.165, 1.54) is 4.90 Å². The third-order valence-electron chi connectivity index (χ3n) is 2.12. The Morgan fingerprint density at radius 2 is 2.21 bits per heavy atom. The van der Waals surface area contributed by atoms with Gasteiger partial charge in [-0.05, 0) is 19.8 Å². The molecule has 0 spiro atoms. The van der Waals surface area contributed by atoms with Crippen molar-refractivity contribution >= 4 is 5.91 Å². The molecule has 4 nitrogen and oxygen atoms in total. The second kappa shape index (κ2) is 6.39. The van der Waals surface area contributed by atoms with Crippen molar-refractivity contribution in [3.63, 3.8) is 0 Å². The molecular formula is C10H18N2O2. The number of aliphatic hydroxyl groups excluding tert-OH is 1. The van der Waals surface area contributed by atoms with Crippen molar-refractivity contribution in [1.29, 1.82) is 5.26 Å². The third-order valence-corrected chi connectivity index (χ3v) is 2.12. The fourth-order valence-electron chi connectivity index (χ4n) is 1.08. The van der Waals surface area contributed by atoms with Crippen molar-refractivity contribution in [2.45, 2.75) is 32.8 Å². The van der Waals surface area contributed by atoms with Crippen LogP contribution < -0.4 is 0 Å². The van der Waals surface area contributed by atoms with E-state index in [2.05, 4.69) is 0 Å². The maximum Gasteiger partial charge on any atom is 0.239 e. The quantitative estimate of drug-likeness (QED) is 0.709. The third kappa shape index (κ3) is 4.24. The van der Waals surface area contributed by atoms with Gasteiger partial charge >= 0.3 is 0 Å². The first-order chi connectivity index (χ1) is 6.52. The molecule has 0 fully saturated rings. The van der Waals surface area contributed by atoms with Gasteiger partial charge in [0.25, 0.3) is 0 Å². The number of aliphatic hydroxyl groups is 1. The van der Waals surface area contributed by atoms with E-state index in [0.717, 1.165) is 0 Å². The van der Waals surface area contributed by atoms with E-state index in [1.807, 2.05) is 13.0 Å². The smallest absolute Gasteiger partial charge is 0.239 e. The predicted octanol–water partition coefficient (Wildman–Crippen LogP) is 0.765. The van der Waals surface area contributed by atoms with E-state index in [9.17, 15) is 4.79 Å². The van der Waals surface area contributed by atoms with Gasteiger partial charge in [0.05, 0.1) is 12.2 Å². The lowest BCUT2D eigenvalue weighted by Crippen LogP contribution is -2.34. The molecule has 0 aromatic carbocycles. The van der Waals surface area contributed by atoms with Crippen LogP contribution in [-0.2, 0) is 4.79 Å². The topological polar surface area (TPSA) is 64.3 Å². The van der Waals surface area contributed by atoms with Crippen molar-refractivity contribution < 1.29 is 9.90 Å². The second-order valence-electron chi connectivity index (χ2n) is 3.49. The normalized spacial score (nSPS) is 14.2. The zero-order valence-corrected chi connectivity index (χ0v) is 9.03. The summed E-state index contributed by atoms with van der Waals surface area (Å²) < 4.78 is 0. The number of rotatable bonds is 5. The first-order valence-electron chi connectivity index (χ1n) is 4.85. The van der Waals surface area contributed by atoms with E-state index >= 15 is 0 Å². The summed E-state index contributed by atoms with van der Waals surface area (Å²) in [7, 11) is 1.66. The highest BCUT2D eigenvalue weighted by Crippen LogP contribution is 2.06. The number of carbonyl (C=O) groups is 1. The summed E-state index contributed by atoms with van der Waals surface area (Å²) in [6, 6.07) is 1.97. The average molecular weight is 198 g/mol. The number of carbonyl (C=O) groups excluding carboxylic acids is 1. The summed E-state index contributed by atoms with van der Waals surface area (Å²) in [5.74, 6) is -0.704. The van der Waals surface area contributed by atoms with Gasteiger partial charge in [-0.25, -0.2) is 0 Å². The van der Waals surface area contributed by atoms with Crippen LogP contribution in [0.4, 0.5) is 0 Å². The van der Waals surface area contributed by atoms with Crippen LogP contribution in [0.5, 0.6) is 0 Å². The van der Waals surface area contributed by atoms with Crippen LogP contribution in [0.3, 0.4) is 0 Å². The van der Waals surface area contributed by atoms with Crippen LogP contribution in [0.15, 0.2) is 0 Å². The summed E-state index contributed by atoms with van der Waals surface area (Å²) in [5, 5.41) is 17.7. The van der Waals surface area contributed by atoms with E-state index in [1.54, 1.807) is 14.0 Å². The molecule has 0 saturated heterocycles. The van der Waals surface area contributed by atoms with E-state index in [0.29, 0.717) is 19.4 Å². The Morgan fingerprint density at radius 1 is 1.64 bits per heavy atom. The molecule has 0 heterocycles. The van der Waals surface area contributed by atoms with Gasteiger partial charge in [0.15, 0.2) is 0 Å². The fourth-order valence-corrected chi connectivity index (χ4v) is 1.08. The molecule has 0 bridgehead atoms.